The number of hydrogen-bond acceptors (Lipinski definition) is 7. The number of aliphatic hydroxyl groups excluding tert-OH is 1. The number of esters is 1. The molecular weight excluding hydrogens is 614 g/mol. The van der Waals surface area contributed by atoms with Crippen LogP contribution in [0.25, 0.3) is 22.4 Å². The summed E-state index contributed by atoms with van der Waals surface area (Å²) in [6.45, 7) is 0.243. The van der Waals surface area contributed by atoms with Gasteiger partial charge in [-0.25, -0.2) is 4.79 Å². The van der Waals surface area contributed by atoms with Gasteiger partial charge in [-0.05, 0) is 56.4 Å². The number of carbonyl (C=O) groups is 3. The predicted octanol–water partition coefficient (Wildman–Crippen LogP) is 4.15. The zero-order valence-electron chi connectivity index (χ0n) is 23.9. The van der Waals surface area contributed by atoms with E-state index in [4.69, 9.17) is 0 Å². The molecule has 1 aromatic heterocycles. The number of aromatic nitrogens is 1. The molecule has 45 heavy (non-hydrogen) atoms. The Morgan fingerprint density at radius 1 is 1.07 bits per heavy atom. The normalized spacial score (nSPS) is 15.0. The first-order valence-corrected chi connectivity index (χ1v) is 13.5. The molecule has 0 aliphatic carbocycles. The minimum atomic E-state index is -5.41. The second-order valence-electron chi connectivity index (χ2n) is 10.3. The third kappa shape index (κ3) is 7.94. The SMILES string of the molecule is CN(C)CCNC(=O)c1ccc(-c2c(-c3cccc(OC(F)(F)F)c3)cc3n2C(CCO)CNC3=O)cc1OC(=O)C(F)(F)F. The highest BCUT2D eigenvalue weighted by Crippen LogP contribution is 2.42. The lowest BCUT2D eigenvalue weighted by atomic mass is 9.99. The Bertz CT molecular complexity index is 1580. The number of carbonyl (C=O) groups excluding carboxylic acids is 3. The van der Waals surface area contributed by atoms with Crippen molar-refractivity contribution in [3.63, 3.8) is 0 Å². The van der Waals surface area contributed by atoms with Crippen LogP contribution in [0.3, 0.4) is 0 Å². The van der Waals surface area contributed by atoms with Crippen LogP contribution >= 0.6 is 0 Å². The van der Waals surface area contributed by atoms with Crippen molar-refractivity contribution in [2.75, 3.05) is 40.3 Å². The number of rotatable bonds is 10. The first-order chi connectivity index (χ1) is 21.1. The molecular formula is C29H28F6N4O6. The van der Waals surface area contributed by atoms with Gasteiger partial charge in [-0.3, -0.25) is 9.59 Å². The monoisotopic (exact) mass is 642 g/mol. The van der Waals surface area contributed by atoms with Gasteiger partial charge in [-0.2, -0.15) is 13.2 Å². The minimum absolute atomic E-state index is 0.0474. The van der Waals surface area contributed by atoms with Crippen molar-refractivity contribution in [2.45, 2.75) is 25.0 Å². The Balaban J connectivity index is 1.93. The van der Waals surface area contributed by atoms with Crippen molar-refractivity contribution in [2.24, 2.45) is 0 Å². The van der Waals surface area contributed by atoms with E-state index in [9.17, 15) is 45.8 Å². The van der Waals surface area contributed by atoms with Crippen molar-refractivity contribution < 1.29 is 55.3 Å². The maximum absolute atomic E-state index is 13.2. The van der Waals surface area contributed by atoms with Crippen molar-refractivity contribution in [1.82, 2.24) is 20.1 Å². The molecule has 3 N–H and O–H groups in total. The Kier molecular flexibility index (Phi) is 9.77. The van der Waals surface area contributed by atoms with Gasteiger partial charge in [0.1, 0.15) is 17.2 Å². The molecule has 1 atom stereocenters. The highest BCUT2D eigenvalue weighted by Gasteiger charge is 2.42. The van der Waals surface area contributed by atoms with E-state index in [0.717, 1.165) is 24.3 Å². The van der Waals surface area contributed by atoms with Crippen molar-refractivity contribution in [1.29, 1.82) is 0 Å². The maximum Gasteiger partial charge on any atom is 0.573 e. The third-order valence-corrected chi connectivity index (χ3v) is 6.75. The predicted molar refractivity (Wildman–Crippen MR) is 148 cm³/mol. The van der Waals surface area contributed by atoms with Crippen LogP contribution in [0.4, 0.5) is 26.3 Å². The number of aliphatic hydroxyl groups is 1. The molecule has 0 fully saturated rings. The van der Waals surface area contributed by atoms with Crippen LogP contribution in [0.5, 0.6) is 11.5 Å². The van der Waals surface area contributed by atoms with Gasteiger partial charge in [-0.1, -0.05) is 18.2 Å². The highest BCUT2D eigenvalue weighted by molar-refractivity contribution is 6.01. The molecule has 1 aliphatic rings. The van der Waals surface area contributed by atoms with Crippen LogP contribution in [0, 0.1) is 0 Å². The molecule has 10 nitrogen and oxygen atoms in total. The quantitative estimate of drug-likeness (QED) is 0.173. The summed E-state index contributed by atoms with van der Waals surface area (Å²) in [5.74, 6) is -5.29. The minimum Gasteiger partial charge on any atom is -0.419 e. The van der Waals surface area contributed by atoms with Gasteiger partial charge in [0, 0.05) is 37.4 Å². The second kappa shape index (κ2) is 13.2. The number of nitrogens with one attached hydrogen (secondary N) is 2. The smallest absolute Gasteiger partial charge is 0.419 e. The number of halogens is 6. The lowest BCUT2D eigenvalue weighted by Gasteiger charge is -2.28. The third-order valence-electron chi connectivity index (χ3n) is 6.75. The van der Waals surface area contributed by atoms with Gasteiger partial charge >= 0.3 is 18.5 Å². The summed E-state index contributed by atoms with van der Waals surface area (Å²) >= 11 is 0. The molecule has 0 spiro atoms. The number of likely N-dealkylation sites (N-methyl/N-ethyl adjacent to an activating group) is 1. The maximum atomic E-state index is 13.2. The molecule has 0 radical (unpaired) electrons. The first-order valence-electron chi connectivity index (χ1n) is 13.5. The summed E-state index contributed by atoms with van der Waals surface area (Å²) < 4.78 is 88.9. The summed E-state index contributed by atoms with van der Waals surface area (Å²) in [6, 6.07) is 9.12. The van der Waals surface area contributed by atoms with E-state index in [2.05, 4.69) is 20.1 Å². The Labute approximate surface area is 252 Å². The molecule has 242 valence electrons. The lowest BCUT2D eigenvalue weighted by Crippen LogP contribution is -2.39. The zero-order valence-corrected chi connectivity index (χ0v) is 23.9. The number of fused-ring (bicyclic) bond motifs is 1. The van der Waals surface area contributed by atoms with Crippen molar-refractivity contribution in [3.05, 3.63) is 59.8 Å². The van der Waals surface area contributed by atoms with E-state index in [0.29, 0.717) is 6.54 Å². The summed E-state index contributed by atoms with van der Waals surface area (Å²) in [6.07, 6.45) is -10.3. The molecule has 1 unspecified atom stereocenters. The van der Waals surface area contributed by atoms with Crippen LogP contribution in [-0.4, -0.2) is 85.2 Å². The molecule has 2 heterocycles. The van der Waals surface area contributed by atoms with Crippen LogP contribution in [0.1, 0.15) is 33.3 Å². The van der Waals surface area contributed by atoms with E-state index < -0.39 is 53.4 Å². The van der Waals surface area contributed by atoms with Crippen LogP contribution < -0.4 is 20.1 Å². The molecule has 0 saturated heterocycles. The number of nitrogens with zero attached hydrogens (tertiary/aromatic N) is 2. The number of ether oxygens (including phenoxy) is 2. The topological polar surface area (TPSA) is 122 Å². The van der Waals surface area contributed by atoms with Crippen molar-refractivity contribution in [3.8, 4) is 33.9 Å². The van der Waals surface area contributed by atoms with E-state index in [1.807, 2.05) is 0 Å². The molecule has 0 saturated carbocycles. The first kappa shape index (κ1) is 33.3. The van der Waals surface area contributed by atoms with Gasteiger partial charge in [0.25, 0.3) is 11.8 Å². The number of hydrogen-bond donors (Lipinski definition) is 3. The summed E-state index contributed by atoms with van der Waals surface area (Å²) in [5.41, 5.74) is 0.174. The largest absolute Gasteiger partial charge is 0.573 e. The van der Waals surface area contributed by atoms with Crippen LogP contribution in [0.2, 0.25) is 0 Å². The fourth-order valence-electron chi connectivity index (χ4n) is 4.81. The standard InChI is InChI=1S/C29H28F6N4O6/c1-38(2)10-9-36-25(41)20-7-6-17(13-23(20)44-27(43)28(30,31)32)24-21(16-4-3-5-19(12-16)45-29(33,34)35)14-22-26(42)37-15-18(8-11-40)39(22)24/h3-7,12-14,18,40H,8-11,15H2,1-2H3,(H,36,41)(H,37,42). The number of amides is 2. The number of alkyl halides is 6. The Hall–Kier alpha value is -4.57. The van der Waals surface area contributed by atoms with Gasteiger partial charge < -0.3 is 34.7 Å². The van der Waals surface area contributed by atoms with Gasteiger partial charge in [0.05, 0.1) is 17.3 Å². The summed E-state index contributed by atoms with van der Waals surface area (Å²) in [4.78, 5) is 39.5. The molecule has 2 amide bonds. The molecule has 3 aromatic rings. The van der Waals surface area contributed by atoms with Gasteiger partial charge in [-0.15, -0.1) is 13.2 Å². The average molecular weight is 643 g/mol. The molecule has 4 rings (SSSR count). The lowest BCUT2D eigenvalue weighted by molar-refractivity contribution is -0.274. The van der Waals surface area contributed by atoms with E-state index in [-0.39, 0.29) is 54.2 Å². The van der Waals surface area contributed by atoms with Crippen LogP contribution in [0.15, 0.2) is 48.5 Å². The Morgan fingerprint density at radius 3 is 2.44 bits per heavy atom. The van der Waals surface area contributed by atoms with E-state index >= 15 is 0 Å². The Morgan fingerprint density at radius 2 is 1.80 bits per heavy atom. The van der Waals surface area contributed by atoms with Crippen molar-refractivity contribution >= 4 is 17.8 Å². The second-order valence-corrected chi connectivity index (χ2v) is 10.3. The van der Waals surface area contributed by atoms with Gasteiger partial charge in [0.15, 0.2) is 0 Å². The molecule has 1 aliphatic heterocycles. The fourth-order valence-corrected chi connectivity index (χ4v) is 4.81. The summed E-state index contributed by atoms with van der Waals surface area (Å²) in [7, 11) is 3.48. The summed E-state index contributed by atoms with van der Waals surface area (Å²) in [5, 5.41) is 14.9. The number of benzene rings is 2. The average Bonchev–Trinajstić information content (AvgIpc) is 3.35. The van der Waals surface area contributed by atoms with Gasteiger partial charge in [0.2, 0.25) is 0 Å². The molecule has 2 aromatic carbocycles. The fraction of sp³-hybridized carbons (Fsp3) is 0.345. The highest BCUT2D eigenvalue weighted by atomic mass is 19.4. The zero-order chi connectivity index (χ0) is 33.1. The van der Waals surface area contributed by atoms with E-state index in [1.54, 1.807) is 19.0 Å². The molecule has 16 heteroatoms. The van der Waals surface area contributed by atoms with Crippen LogP contribution in [-0.2, 0) is 4.79 Å². The van der Waals surface area contributed by atoms with E-state index in [1.165, 1.54) is 28.8 Å². The molecule has 0 bridgehead atoms.